The highest BCUT2D eigenvalue weighted by Crippen LogP contribution is 2.21. The summed E-state index contributed by atoms with van der Waals surface area (Å²) < 4.78 is 0. The fourth-order valence-electron chi connectivity index (χ4n) is 2.49. The van der Waals surface area contributed by atoms with Crippen LogP contribution in [-0.4, -0.2) is 48.9 Å². The molecular weight excluding hydrogens is 188 g/mol. The third-order valence-corrected chi connectivity index (χ3v) is 3.40. The normalized spacial score (nSPS) is 28.1. The average Bonchev–Trinajstić information content (AvgIpc) is 2.15. The summed E-state index contributed by atoms with van der Waals surface area (Å²) in [5.41, 5.74) is 0. The van der Waals surface area contributed by atoms with Gasteiger partial charge in [-0.3, -0.25) is 4.79 Å². The van der Waals surface area contributed by atoms with Crippen LogP contribution in [0.4, 0.5) is 0 Å². The number of hydrogen-bond donors (Lipinski definition) is 0. The van der Waals surface area contributed by atoms with E-state index >= 15 is 0 Å². The zero-order chi connectivity index (χ0) is 11.6. The van der Waals surface area contributed by atoms with Gasteiger partial charge in [-0.15, -0.1) is 0 Å². The van der Waals surface area contributed by atoms with Crippen LogP contribution in [0.3, 0.4) is 0 Å². The molecule has 88 valence electrons. The van der Waals surface area contributed by atoms with Crippen LogP contribution in [0, 0.1) is 11.8 Å². The first-order valence-electron chi connectivity index (χ1n) is 5.88. The number of hydrogen-bond acceptors (Lipinski definition) is 2. The number of likely N-dealkylation sites (tertiary alicyclic amines) is 1. The van der Waals surface area contributed by atoms with Gasteiger partial charge in [-0.25, -0.2) is 0 Å². The van der Waals surface area contributed by atoms with Crippen molar-refractivity contribution in [3.63, 3.8) is 0 Å². The zero-order valence-corrected chi connectivity index (χ0v) is 10.7. The number of rotatable bonds is 2. The van der Waals surface area contributed by atoms with E-state index in [1.165, 1.54) is 0 Å². The van der Waals surface area contributed by atoms with E-state index in [9.17, 15) is 4.79 Å². The lowest BCUT2D eigenvalue weighted by Gasteiger charge is -2.40. The van der Waals surface area contributed by atoms with Crippen LogP contribution in [0.25, 0.3) is 0 Å². The van der Waals surface area contributed by atoms with Gasteiger partial charge in [0.1, 0.15) is 0 Å². The fourth-order valence-corrected chi connectivity index (χ4v) is 2.49. The van der Waals surface area contributed by atoms with Crippen LogP contribution >= 0.6 is 0 Å². The van der Waals surface area contributed by atoms with Crippen molar-refractivity contribution in [3.05, 3.63) is 0 Å². The summed E-state index contributed by atoms with van der Waals surface area (Å²) in [5.74, 6) is 0.967. The van der Waals surface area contributed by atoms with Crippen molar-refractivity contribution in [2.75, 3.05) is 27.2 Å². The molecular formula is C12H24N2O. The molecule has 0 spiro atoms. The van der Waals surface area contributed by atoms with Crippen molar-refractivity contribution in [2.24, 2.45) is 11.8 Å². The molecule has 0 radical (unpaired) electrons. The van der Waals surface area contributed by atoms with Gasteiger partial charge in [0, 0.05) is 25.6 Å². The van der Waals surface area contributed by atoms with Crippen LogP contribution in [0.5, 0.6) is 0 Å². The van der Waals surface area contributed by atoms with E-state index in [2.05, 4.69) is 18.9 Å². The molecule has 2 unspecified atom stereocenters. The van der Waals surface area contributed by atoms with Gasteiger partial charge in [-0.1, -0.05) is 20.8 Å². The van der Waals surface area contributed by atoms with Gasteiger partial charge in [0.2, 0.25) is 5.91 Å². The van der Waals surface area contributed by atoms with Gasteiger partial charge < -0.3 is 9.80 Å². The molecule has 0 saturated carbocycles. The van der Waals surface area contributed by atoms with Gasteiger partial charge in [-0.05, 0) is 25.9 Å². The van der Waals surface area contributed by atoms with Gasteiger partial charge >= 0.3 is 0 Å². The lowest BCUT2D eigenvalue weighted by Crippen LogP contribution is -2.50. The van der Waals surface area contributed by atoms with E-state index in [0.717, 1.165) is 19.5 Å². The van der Waals surface area contributed by atoms with E-state index in [0.29, 0.717) is 12.0 Å². The van der Waals surface area contributed by atoms with E-state index in [1.807, 2.05) is 25.8 Å². The molecule has 1 heterocycles. The van der Waals surface area contributed by atoms with Gasteiger partial charge in [0.05, 0.1) is 0 Å². The summed E-state index contributed by atoms with van der Waals surface area (Å²) in [6.45, 7) is 8.38. The molecule has 1 saturated heterocycles. The maximum absolute atomic E-state index is 11.9. The number of carbonyl (C=O) groups is 1. The third kappa shape index (κ3) is 2.94. The van der Waals surface area contributed by atoms with E-state index in [-0.39, 0.29) is 11.8 Å². The Labute approximate surface area is 93.4 Å². The second kappa shape index (κ2) is 4.97. The summed E-state index contributed by atoms with van der Waals surface area (Å²) in [6.07, 6.45) is 1.10. The minimum Gasteiger partial charge on any atom is -0.342 e. The SMILES string of the molecule is CC(C)C(=O)N(C)C1CCN(C)CC1C. The maximum atomic E-state index is 11.9. The summed E-state index contributed by atoms with van der Waals surface area (Å²) in [7, 11) is 4.10. The van der Waals surface area contributed by atoms with Gasteiger partial charge in [0.25, 0.3) is 0 Å². The van der Waals surface area contributed by atoms with Crippen LogP contribution in [-0.2, 0) is 4.79 Å². The first kappa shape index (κ1) is 12.5. The number of piperidine rings is 1. The lowest BCUT2D eigenvalue weighted by molar-refractivity contribution is -0.137. The van der Waals surface area contributed by atoms with Crippen LogP contribution in [0.15, 0.2) is 0 Å². The smallest absolute Gasteiger partial charge is 0.225 e. The Kier molecular flexibility index (Phi) is 4.14. The van der Waals surface area contributed by atoms with E-state index < -0.39 is 0 Å². The molecule has 1 rings (SSSR count). The van der Waals surface area contributed by atoms with Crippen LogP contribution in [0.2, 0.25) is 0 Å². The molecule has 1 fully saturated rings. The number of amides is 1. The first-order valence-corrected chi connectivity index (χ1v) is 5.88. The standard InChI is InChI=1S/C12H24N2O/c1-9(2)12(15)14(5)11-6-7-13(4)8-10(11)3/h9-11H,6-8H2,1-5H3. The summed E-state index contributed by atoms with van der Waals surface area (Å²) in [5, 5.41) is 0. The Morgan fingerprint density at radius 2 is 2.07 bits per heavy atom. The molecule has 1 aliphatic rings. The first-order chi connectivity index (χ1) is 6.93. The van der Waals surface area contributed by atoms with Crippen molar-refractivity contribution >= 4 is 5.91 Å². The Hall–Kier alpha value is -0.570. The topological polar surface area (TPSA) is 23.6 Å². The molecule has 1 aliphatic heterocycles. The molecule has 3 heteroatoms. The largest absolute Gasteiger partial charge is 0.342 e. The molecule has 0 aromatic carbocycles. The minimum atomic E-state index is 0.113. The van der Waals surface area contributed by atoms with Crippen molar-refractivity contribution in [1.82, 2.24) is 9.80 Å². The Morgan fingerprint density at radius 3 is 2.53 bits per heavy atom. The highest BCUT2D eigenvalue weighted by atomic mass is 16.2. The Bertz CT molecular complexity index is 228. The van der Waals surface area contributed by atoms with Gasteiger partial charge in [0.15, 0.2) is 0 Å². The summed E-state index contributed by atoms with van der Waals surface area (Å²) in [4.78, 5) is 16.2. The number of nitrogens with zero attached hydrogens (tertiary/aromatic N) is 2. The summed E-state index contributed by atoms with van der Waals surface area (Å²) in [6, 6.07) is 0.427. The second-order valence-electron chi connectivity index (χ2n) is 5.20. The molecule has 15 heavy (non-hydrogen) atoms. The van der Waals surface area contributed by atoms with Crippen molar-refractivity contribution in [1.29, 1.82) is 0 Å². The molecule has 0 bridgehead atoms. The highest BCUT2D eigenvalue weighted by Gasteiger charge is 2.30. The molecule has 3 nitrogen and oxygen atoms in total. The quantitative estimate of drug-likeness (QED) is 0.691. The lowest BCUT2D eigenvalue weighted by atomic mass is 9.92. The van der Waals surface area contributed by atoms with Gasteiger partial charge in [-0.2, -0.15) is 0 Å². The molecule has 1 amide bonds. The molecule has 0 aliphatic carbocycles. The molecule has 2 atom stereocenters. The molecule has 0 aromatic heterocycles. The highest BCUT2D eigenvalue weighted by molar-refractivity contribution is 5.78. The van der Waals surface area contributed by atoms with Crippen molar-refractivity contribution in [3.8, 4) is 0 Å². The summed E-state index contributed by atoms with van der Waals surface area (Å²) >= 11 is 0. The second-order valence-corrected chi connectivity index (χ2v) is 5.20. The fraction of sp³-hybridized carbons (Fsp3) is 0.917. The maximum Gasteiger partial charge on any atom is 0.225 e. The van der Waals surface area contributed by atoms with Crippen molar-refractivity contribution in [2.45, 2.75) is 33.2 Å². The Morgan fingerprint density at radius 1 is 1.47 bits per heavy atom. The third-order valence-electron chi connectivity index (χ3n) is 3.40. The zero-order valence-electron chi connectivity index (χ0n) is 10.7. The predicted molar refractivity (Wildman–Crippen MR) is 62.7 cm³/mol. The van der Waals surface area contributed by atoms with E-state index in [1.54, 1.807) is 0 Å². The monoisotopic (exact) mass is 212 g/mol. The number of carbonyl (C=O) groups excluding carboxylic acids is 1. The van der Waals surface area contributed by atoms with Crippen molar-refractivity contribution < 1.29 is 4.79 Å². The molecule has 0 aromatic rings. The predicted octanol–water partition coefficient (Wildman–Crippen LogP) is 1.44. The molecule has 0 N–H and O–H groups in total. The van der Waals surface area contributed by atoms with E-state index in [4.69, 9.17) is 0 Å². The minimum absolute atomic E-state index is 0.113. The average molecular weight is 212 g/mol. The Balaban J connectivity index is 2.59. The van der Waals surface area contributed by atoms with Crippen LogP contribution in [0.1, 0.15) is 27.2 Å². The van der Waals surface area contributed by atoms with Crippen LogP contribution < -0.4 is 0 Å².